The molecule has 0 aromatic heterocycles. The Morgan fingerprint density at radius 2 is 2.05 bits per heavy atom. The van der Waals surface area contributed by atoms with E-state index >= 15 is 0 Å². The van der Waals surface area contributed by atoms with Gasteiger partial charge in [0.2, 0.25) is 0 Å². The van der Waals surface area contributed by atoms with Crippen LogP contribution in [0.5, 0.6) is 0 Å². The van der Waals surface area contributed by atoms with Gasteiger partial charge in [-0.05, 0) is 13.3 Å². The molecule has 0 spiro atoms. The Morgan fingerprint density at radius 1 is 1.38 bits per heavy atom. The monoisotopic (exact) mass is 322 g/mol. The number of nitrogens with zero attached hydrogens (tertiary/aromatic N) is 1. The van der Waals surface area contributed by atoms with Crippen LogP contribution in [0.2, 0.25) is 0 Å². The molecule has 0 radical (unpaired) electrons. The Balaban J connectivity index is 2.51. The molecule has 9 heteroatoms. The average molecular weight is 322 g/mol. The van der Waals surface area contributed by atoms with Crippen LogP contribution in [0.4, 0.5) is 4.79 Å². The molecule has 2 N–H and O–H groups in total. The molecule has 2 atom stereocenters. The summed E-state index contributed by atoms with van der Waals surface area (Å²) >= 11 is 0. The zero-order valence-corrected chi connectivity index (χ0v) is 13.1. The first-order valence-corrected chi connectivity index (χ1v) is 8.85. The number of ether oxygens (including phenoxy) is 1. The maximum atomic E-state index is 12.1. The highest BCUT2D eigenvalue weighted by Crippen LogP contribution is 2.20. The zero-order valence-electron chi connectivity index (χ0n) is 12.2. The number of hydrogen-bond donors (Lipinski definition) is 2. The van der Waals surface area contributed by atoms with Gasteiger partial charge in [-0.3, -0.25) is 4.79 Å². The molecular weight excluding hydrogens is 300 g/mol. The second kappa shape index (κ2) is 7.60. The number of nitrogens with one attached hydrogen (secondary N) is 1. The number of likely N-dealkylation sites (N-methyl/N-ethyl adjacent to an activating group) is 1. The maximum absolute atomic E-state index is 12.1. The summed E-state index contributed by atoms with van der Waals surface area (Å²) < 4.78 is 27.1. The van der Waals surface area contributed by atoms with E-state index in [4.69, 9.17) is 9.84 Å². The summed E-state index contributed by atoms with van der Waals surface area (Å²) in [5.74, 6) is -1.71. The van der Waals surface area contributed by atoms with Gasteiger partial charge in [-0.15, -0.1) is 0 Å². The first-order chi connectivity index (χ1) is 9.76. The molecule has 1 aliphatic rings. The van der Waals surface area contributed by atoms with Gasteiger partial charge in [0.05, 0.1) is 25.0 Å². The lowest BCUT2D eigenvalue weighted by atomic mass is 10.0. The molecule has 1 aliphatic heterocycles. The number of carboxylic acid groups (broad SMARTS) is 1. The zero-order chi connectivity index (χ0) is 16.0. The lowest BCUT2D eigenvalue weighted by Gasteiger charge is -2.29. The van der Waals surface area contributed by atoms with E-state index in [1.807, 2.05) is 0 Å². The van der Waals surface area contributed by atoms with Gasteiger partial charge in [-0.1, -0.05) is 0 Å². The molecular formula is C12H22N2O6S. The first kappa shape index (κ1) is 17.7. The third kappa shape index (κ3) is 5.50. The van der Waals surface area contributed by atoms with Gasteiger partial charge in [0.25, 0.3) is 0 Å². The molecule has 1 fully saturated rings. The number of aliphatic carboxylic acids is 1. The standard InChI is InChI=1S/C12H22N2O6S/c1-3-14(10-8-20-7-9(10)11(15)16)12(17)13-5-4-6-21(2,18)19/h9-10H,3-8H2,1-2H3,(H,13,17)(H,15,16). The summed E-state index contributed by atoms with van der Waals surface area (Å²) in [5, 5.41) is 11.7. The molecule has 1 rings (SSSR count). The number of rotatable bonds is 7. The first-order valence-electron chi connectivity index (χ1n) is 6.79. The van der Waals surface area contributed by atoms with Crippen LogP contribution in [0.1, 0.15) is 13.3 Å². The van der Waals surface area contributed by atoms with Crippen molar-refractivity contribution in [2.24, 2.45) is 5.92 Å². The van der Waals surface area contributed by atoms with E-state index in [0.29, 0.717) is 13.0 Å². The van der Waals surface area contributed by atoms with Gasteiger partial charge in [-0.2, -0.15) is 0 Å². The molecule has 8 nitrogen and oxygen atoms in total. The van der Waals surface area contributed by atoms with E-state index in [1.165, 1.54) is 4.90 Å². The third-order valence-corrected chi connectivity index (χ3v) is 4.37. The molecule has 2 amide bonds. The topological polar surface area (TPSA) is 113 Å². The molecule has 0 aliphatic carbocycles. The molecule has 1 saturated heterocycles. The SMILES string of the molecule is CCN(C(=O)NCCCS(C)(=O)=O)C1COCC1C(=O)O. The van der Waals surface area contributed by atoms with E-state index in [0.717, 1.165) is 6.26 Å². The van der Waals surface area contributed by atoms with Crippen molar-refractivity contribution >= 4 is 21.8 Å². The van der Waals surface area contributed by atoms with E-state index in [2.05, 4.69) is 5.32 Å². The molecule has 0 saturated carbocycles. The Bertz CT molecular complexity index is 478. The minimum atomic E-state index is -3.05. The summed E-state index contributed by atoms with van der Waals surface area (Å²) in [5.41, 5.74) is 0. The number of carbonyl (C=O) groups is 2. The van der Waals surface area contributed by atoms with Gasteiger partial charge < -0.3 is 20.1 Å². The Morgan fingerprint density at radius 3 is 2.57 bits per heavy atom. The van der Waals surface area contributed by atoms with Crippen molar-refractivity contribution in [1.29, 1.82) is 0 Å². The number of urea groups is 1. The average Bonchev–Trinajstić information content (AvgIpc) is 2.84. The van der Waals surface area contributed by atoms with E-state index in [-0.39, 0.29) is 25.5 Å². The number of carbonyl (C=O) groups excluding carboxylic acids is 1. The smallest absolute Gasteiger partial charge is 0.317 e. The van der Waals surface area contributed by atoms with Crippen molar-refractivity contribution in [1.82, 2.24) is 10.2 Å². The van der Waals surface area contributed by atoms with Crippen LogP contribution >= 0.6 is 0 Å². The Hall–Kier alpha value is -1.35. The van der Waals surface area contributed by atoms with Crippen LogP contribution < -0.4 is 5.32 Å². The van der Waals surface area contributed by atoms with Crippen molar-refractivity contribution in [3.8, 4) is 0 Å². The summed E-state index contributed by atoms with van der Waals surface area (Å²) in [6, 6.07) is -0.893. The van der Waals surface area contributed by atoms with E-state index < -0.39 is 33.8 Å². The van der Waals surface area contributed by atoms with E-state index in [1.54, 1.807) is 6.92 Å². The Kier molecular flexibility index (Phi) is 6.41. The highest BCUT2D eigenvalue weighted by atomic mass is 32.2. The Labute approximate surface area is 124 Å². The number of amides is 2. The lowest BCUT2D eigenvalue weighted by molar-refractivity contribution is -0.142. The minimum absolute atomic E-state index is 0.00367. The normalized spacial score (nSPS) is 22.0. The fourth-order valence-electron chi connectivity index (χ4n) is 2.25. The van der Waals surface area contributed by atoms with Crippen molar-refractivity contribution in [3.05, 3.63) is 0 Å². The number of carboxylic acids is 1. The predicted molar refractivity (Wildman–Crippen MR) is 75.8 cm³/mol. The van der Waals surface area contributed by atoms with Crippen LogP contribution in [0.25, 0.3) is 0 Å². The largest absolute Gasteiger partial charge is 0.481 e. The van der Waals surface area contributed by atoms with Crippen LogP contribution in [0.3, 0.4) is 0 Å². The van der Waals surface area contributed by atoms with Gasteiger partial charge >= 0.3 is 12.0 Å². The second-order valence-electron chi connectivity index (χ2n) is 5.05. The summed E-state index contributed by atoms with van der Waals surface area (Å²) in [6.45, 7) is 2.64. The van der Waals surface area contributed by atoms with Gasteiger partial charge in [0, 0.05) is 19.3 Å². The fraction of sp³-hybridized carbons (Fsp3) is 0.833. The van der Waals surface area contributed by atoms with E-state index in [9.17, 15) is 18.0 Å². The lowest BCUT2D eigenvalue weighted by Crippen LogP contribution is -2.50. The summed E-state index contributed by atoms with van der Waals surface area (Å²) in [7, 11) is -3.05. The van der Waals surface area contributed by atoms with Crippen LogP contribution in [-0.2, 0) is 19.4 Å². The predicted octanol–water partition coefficient (Wildman–Crippen LogP) is -0.448. The molecule has 0 bridgehead atoms. The molecule has 21 heavy (non-hydrogen) atoms. The minimum Gasteiger partial charge on any atom is -0.481 e. The maximum Gasteiger partial charge on any atom is 0.317 e. The van der Waals surface area contributed by atoms with Crippen LogP contribution in [-0.4, -0.2) is 74.8 Å². The number of hydrogen-bond acceptors (Lipinski definition) is 5. The van der Waals surface area contributed by atoms with Crippen molar-refractivity contribution < 1.29 is 27.9 Å². The second-order valence-corrected chi connectivity index (χ2v) is 7.31. The number of sulfone groups is 1. The van der Waals surface area contributed by atoms with Crippen LogP contribution in [0, 0.1) is 5.92 Å². The molecule has 0 aromatic rings. The highest BCUT2D eigenvalue weighted by Gasteiger charge is 2.39. The van der Waals surface area contributed by atoms with Gasteiger partial charge in [0.15, 0.2) is 0 Å². The summed E-state index contributed by atoms with van der Waals surface area (Å²) in [4.78, 5) is 24.6. The van der Waals surface area contributed by atoms with Crippen LogP contribution in [0.15, 0.2) is 0 Å². The highest BCUT2D eigenvalue weighted by molar-refractivity contribution is 7.90. The molecule has 122 valence electrons. The molecule has 0 aromatic carbocycles. The quantitative estimate of drug-likeness (QED) is 0.614. The molecule has 2 unspecified atom stereocenters. The fourth-order valence-corrected chi connectivity index (χ4v) is 2.91. The van der Waals surface area contributed by atoms with Gasteiger partial charge in [0.1, 0.15) is 15.8 Å². The van der Waals surface area contributed by atoms with Gasteiger partial charge in [-0.25, -0.2) is 13.2 Å². The summed E-state index contributed by atoms with van der Waals surface area (Å²) in [6.07, 6.45) is 1.46. The third-order valence-electron chi connectivity index (χ3n) is 3.34. The van der Waals surface area contributed by atoms with Crippen molar-refractivity contribution in [3.63, 3.8) is 0 Å². The van der Waals surface area contributed by atoms with Crippen molar-refractivity contribution in [2.45, 2.75) is 19.4 Å². The molecule has 1 heterocycles. The van der Waals surface area contributed by atoms with Crippen molar-refractivity contribution in [2.75, 3.05) is 38.3 Å².